The number of carbonyl (C=O) groups excluding carboxylic acids is 2. The van der Waals surface area contributed by atoms with E-state index in [9.17, 15) is 14.7 Å². The van der Waals surface area contributed by atoms with Gasteiger partial charge in [0.25, 0.3) is 5.91 Å². The Hall–Kier alpha value is -2.94. The van der Waals surface area contributed by atoms with Gasteiger partial charge in [0, 0.05) is 44.0 Å². The summed E-state index contributed by atoms with van der Waals surface area (Å²) in [5, 5.41) is 12.3. The first kappa shape index (κ1) is 26.1. The van der Waals surface area contributed by atoms with Crippen molar-refractivity contribution in [2.24, 2.45) is 0 Å². The highest BCUT2D eigenvalue weighted by Gasteiger charge is 2.27. The van der Waals surface area contributed by atoms with Crippen LogP contribution in [0.2, 0.25) is 0 Å². The minimum Gasteiger partial charge on any atom is -0.467 e. The second-order valence-corrected chi connectivity index (χ2v) is 9.65. The molecule has 2 saturated heterocycles. The highest BCUT2D eigenvalue weighted by molar-refractivity contribution is 5.97. The number of rotatable bonds is 8. The van der Waals surface area contributed by atoms with E-state index >= 15 is 0 Å². The van der Waals surface area contributed by atoms with Crippen molar-refractivity contribution >= 4 is 17.6 Å². The average Bonchev–Trinajstić information content (AvgIpc) is 2.92. The summed E-state index contributed by atoms with van der Waals surface area (Å²) in [5.74, 6) is -0.641. The lowest BCUT2D eigenvalue weighted by atomic mass is 9.88. The van der Waals surface area contributed by atoms with Gasteiger partial charge >= 0.3 is 5.97 Å². The number of nitrogens with zero attached hydrogens (tertiary/aromatic N) is 2. The maximum atomic E-state index is 12.6. The number of anilines is 1. The fourth-order valence-corrected chi connectivity index (χ4v) is 4.94. The van der Waals surface area contributed by atoms with E-state index in [4.69, 9.17) is 4.74 Å². The molecule has 8 nitrogen and oxygen atoms in total. The summed E-state index contributed by atoms with van der Waals surface area (Å²) in [5.41, 5.74) is 4.27. The molecule has 194 valence electrons. The Bertz CT molecular complexity index is 995. The number of ether oxygens (including phenoxy) is 2. The molecule has 0 radical (unpaired) electrons. The molecule has 2 aromatic carbocycles. The van der Waals surface area contributed by atoms with Gasteiger partial charge in [0.1, 0.15) is 0 Å². The highest BCUT2D eigenvalue weighted by atomic mass is 16.5. The van der Waals surface area contributed by atoms with E-state index in [1.807, 2.05) is 12.1 Å². The Balaban J connectivity index is 1.28. The van der Waals surface area contributed by atoms with Crippen molar-refractivity contribution in [3.8, 4) is 0 Å². The van der Waals surface area contributed by atoms with Crippen LogP contribution in [-0.4, -0.2) is 80.5 Å². The van der Waals surface area contributed by atoms with Gasteiger partial charge in [0.05, 0.1) is 26.4 Å². The maximum absolute atomic E-state index is 12.6. The number of nitrogens with one attached hydrogen (secondary N) is 1. The van der Waals surface area contributed by atoms with E-state index in [-0.39, 0.29) is 0 Å². The quantitative estimate of drug-likeness (QED) is 0.544. The number of hydrogen-bond donors (Lipinski definition) is 2. The highest BCUT2D eigenvalue weighted by Crippen LogP contribution is 2.31. The van der Waals surface area contributed by atoms with Gasteiger partial charge in [-0.15, -0.1) is 0 Å². The van der Waals surface area contributed by atoms with Gasteiger partial charge in [-0.25, -0.2) is 4.79 Å². The molecule has 2 aromatic rings. The Kier molecular flexibility index (Phi) is 8.96. The van der Waals surface area contributed by atoms with Gasteiger partial charge in [-0.2, -0.15) is 0 Å². The molecule has 0 bridgehead atoms. The topological polar surface area (TPSA) is 91.3 Å². The molecule has 0 saturated carbocycles. The summed E-state index contributed by atoms with van der Waals surface area (Å²) in [4.78, 5) is 29.2. The Morgan fingerprint density at radius 3 is 2.25 bits per heavy atom. The van der Waals surface area contributed by atoms with Crippen LogP contribution in [0.3, 0.4) is 0 Å². The minimum absolute atomic E-state index is 0.412. The van der Waals surface area contributed by atoms with Gasteiger partial charge in [0.2, 0.25) is 0 Å². The number of aliphatic hydroxyl groups excluding tert-OH is 1. The van der Waals surface area contributed by atoms with Crippen LogP contribution in [0.15, 0.2) is 48.5 Å². The zero-order valence-electron chi connectivity index (χ0n) is 21.2. The number of amides is 1. The molecule has 0 aliphatic carbocycles. The fourth-order valence-electron chi connectivity index (χ4n) is 4.94. The van der Waals surface area contributed by atoms with Crippen LogP contribution in [0, 0.1) is 0 Å². The Morgan fingerprint density at radius 2 is 1.67 bits per heavy atom. The average molecular weight is 496 g/mol. The zero-order chi connectivity index (χ0) is 25.5. The summed E-state index contributed by atoms with van der Waals surface area (Å²) < 4.78 is 10.1. The number of piperidine rings is 1. The van der Waals surface area contributed by atoms with Crippen molar-refractivity contribution in [3.05, 3.63) is 65.2 Å². The van der Waals surface area contributed by atoms with E-state index in [2.05, 4.69) is 44.1 Å². The predicted octanol–water partition coefficient (Wildman–Crippen LogP) is 2.56. The van der Waals surface area contributed by atoms with Gasteiger partial charge in [-0.1, -0.05) is 24.3 Å². The largest absolute Gasteiger partial charge is 0.467 e. The molecule has 36 heavy (non-hydrogen) atoms. The first-order chi connectivity index (χ1) is 17.4. The molecular formula is C28H37N3O5. The van der Waals surface area contributed by atoms with Gasteiger partial charge in [0.15, 0.2) is 6.04 Å². The summed E-state index contributed by atoms with van der Waals surface area (Å²) >= 11 is 0. The van der Waals surface area contributed by atoms with Crippen LogP contribution in [0.25, 0.3) is 0 Å². The van der Waals surface area contributed by atoms with E-state index in [1.54, 1.807) is 12.1 Å². The summed E-state index contributed by atoms with van der Waals surface area (Å²) in [6, 6.07) is 15.4. The molecule has 2 heterocycles. The van der Waals surface area contributed by atoms with Crippen LogP contribution in [0.5, 0.6) is 0 Å². The molecule has 2 atom stereocenters. The third-order valence-electron chi connectivity index (χ3n) is 7.17. The molecule has 0 spiro atoms. The third-order valence-corrected chi connectivity index (χ3v) is 7.17. The normalized spacial score (nSPS) is 18.9. The van der Waals surface area contributed by atoms with E-state index in [0.717, 1.165) is 58.8 Å². The lowest BCUT2D eigenvalue weighted by Crippen LogP contribution is -2.48. The first-order valence-corrected chi connectivity index (χ1v) is 12.8. The molecule has 0 unspecified atom stereocenters. The van der Waals surface area contributed by atoms with Crippen molar-refractivity contribution in [1.82, 2.24) is 10.2 Å². The smallest absolute Gasteiger partial charge is 0.331 e. The van der Waals surface area contributed by atoms with E-state index in [1.165, 1.54) is 30.8 Å². The van der Waals surface area contributed by atoms with Gasteiger partial charge in [-0.05, 0) is 61.1 Å². The second kappa shape index (κ2) is 12.3. The number of benzene rings is 2. The predicted molar refractivity (Wildman–Crippen MR) is 138 cm³/mol. The first-order valence-electron chi connectivity index (χ1n) is 12.8. The third kappa shape index (κ3) is 6.63. The lowest BCUT2D eigenvalue weighted by molar-refractivity contribution is -0.145. The number of morpholine rings is 1. The van der Waals surface area contributed by atoms with Gasteiger partial charge in [-0.3, -0.25) is 9.69 Å². The van der Waals surface area contributed by atoms with E-state index < -0.39 is 24.0 Å². The molecule has 4 rings (SSSR count). The molecule has 1 amide bonds. The molecular weight excluding hydrogens is 458 g/mol. The number of carbonyl (C=O) groups is 2. The number of esters is 1. The second-order valence-electron chi connectivity index (χ2n) is 9.65. The van der Waals surface area contributed by atoms with Crippen molar-refractivity contribution < 1.29 is 24.2 Å². The minimum atomic E-state index is -1.10. The molecule has 2 aliphatic rings. The van der Waals surface area contributed by atoms with Crippen LogP contribution >= 0.6 is 0 Å². The SMILES string of the molecule is COC(=O)[C@@H](NC(=O)c1ccc(C2CCN(c3ccc(CN4CCOCC4)cc3)CC2)cc1)[C@@H](C)O. The lowest BCUT2D eigenvalue weighted by Gasteiger charge is -2.34. The summed E-state index contributed by atoms with van der Waals surface area (Å²) in [6.45, 7) is 8.03. The van der Waals surface area contributed by atoms with Crippen LogP contribution in [0.4, 0.5) is 5.69 Å². The molecule has 2 aliphatic heterocycles. The van der Waals surface area contributed by atoms with Gasteiger partial charge < -0.3 is 24.8 Å². The van der Waals surface area contributed by atoms with Crippen LogP contribution < -0.4 is 10.2 Å². The standard InChI is InChI=1S/C28H37N3O5/c1-20(32)26(28(34)35-2)29-27(33)24-7-5-22(6-8-24)23-11-13-31(14-12-23)25-9-3-21(4-10-25)19-30-15-17-36-18-16-30/h3-10,20,23,26,32H,11-19H2,1-2H3,(H,29,33)/t20-,26+/m1/s1. The van der Waals surface area contributed by atoms with Crippen LogP contribution in [-0.2, 0) is 20.8 Å². The Morgan fingerprint density at radius 1 is 1.03 bits per heavy atom. The summed E-state index contributed by atoms with van der Waals surface area (Å²) in [7, 11) is 1.23. The fraction of sp³-hybridized carbons (Fsp3) is 0.500. The molecule has 2 N–H and O–H groups in total. The van der Waals surface area contributed by atoms with Crippen molar-refractivity contribution in [1.29, 1.82) is 0 Å². The molecule has 0 aromatic heterocycles. The zero-order valence-corrected chi connectivity index (χ0v) is 21.2. The van der Waals surface area contributed by atoms with Crippen molar-refractivity contribution in [2.45, 2.75) is 44.4 Å². The molecule has 2 fully saturated rings. The number of hydrogen-bond acceptors (Lipinski definition) is 7. The Labute approximate surface area is 213 Å². The van der Waals surface area contributed by atoms with Crippen molar-refractivity contribution in [3.63, 3.8) is 0 Å². The monoisotopic (exact) mass is 495 g/mol. The molecule has 8 heteroatoms. The maximum Gasteiger partial charge on any atom is 0.331 e. The number of aliphatic hydroxyl groups is 1. The number of methoxy groups -OCH3 is 1. The van der Waals surface area contributed by atoms with Crippen LogP contribution in [0.1, 0.15) is 47.2 Å². The van der Waals surface area contributed by atoms with E-state index in [0.29, 0.717) is 11.5 Å². The summed E-state index contributed by atoms with van der Waals surface area (Å²) in [6.07, 6.45) is 1.05. The van der Waals surface area contributed by atoms with Crippen molar-refractivity contribution in [2.75, 3.05) is 51.4 Å².